The third kappa shape index (κ3) is 2.90. The van der Waals surface area contributed by atoms with E-state index in [4.69, 9.17) is 0 Å². The molecule has 0 heterocycles. The summed E-state index contributed by atoms with van der Waals surface area (Å²) in [6.45, 7) is 1.90. The Morgan fingerprint density at radius 2 is 1.92 bits per heavy atom. The first kappa shape index (κ1) is 10.4. The molecule has 1 nitrogen and oxygen atoms in total. The molecular weight excluding hydrogens is 180 g/mol. The molecule has 0 amide bonds. The average molecular weight is 194 g/mol. The van der Waals surface area contributed by atoms with Gasteiger partial charge in [0.2, 0.25) is 0 Å². The van der Waals surface area contributed by atoms with Crippen LogP contribution in [0.4, 0.5) is 0 Å². The molecule has 0 aromatic heterocycles. The van der Waals surface area contributed by atoms with Crippen molar-refractivity contribution in [2.75, 3.05) is 6.26 Å². The minimum Gasteiger partial charge on any atom is -0.384 e. The average Bonchev–Trinajstić information content (AvgIpc) is 2.18. The second-order valence-corrected chi connectivity index (χ2v) is 3.62. The quantitative estimate of drug-likeness (QED) is 0.589. The Morgan fingerprint density at radius 3 is 2.38 bits per heavy atom. The fourth-order valence-electron chi connectivity index (χ4n) is 1.09. The van der Waals surface area contributed by atoms with Crippen molar-refractivity contribution in [1.82, 2.24) is 0 Å². The van der Waals surface area contributed by atoms with Gasteiger partial charge in [0.1, 0.15) is 0 Å². The molecular formula is C11H14OS. The van der Waals surface area contributed by atoms with Gasteiger partial charge in [-0.05, 0) is 30.9 Å². The van der Waals surface area contributed by atoms with Gasteiger partial charge in [-0.15, -0.1) is 11.8 Å². The summed E-state index contributed by atoms with van der Waals surface area (Å²) in [5.74, 6) is 0. The second kappa shape index (κ2) is 5.10. The maximum atomic E-state index is 9.59. The molecule has 13 heavy (non-hydrogen) atoms. The van der Waals surface area contributed by atoms with Gasteiger partial charge in [-0.1, -0.05) is 24.3 Å². The van der Waals surface area contributed by atoms with Crippen molar-refractivity contribution < 1.29 is 5.11 Å². The Kier molecular flexibility index (Phi) is 4.06. The molecule has 0 bridgehead atoms. The van der Waals surface area contributed by atoms with Gasteiger partial charge in [0, 0.05) is 4.90 Å². The number of hydrogen-bond donors (Lipinski definition) is 1. The van der Waals surface area contributed by atoms with E-state index in [1.54, 1.807) is 17.8 Å². The molecule has 0 saturated carbocycles. The molecule has 1 aromatic rings. The maximum absolute atomic E-state index is 9.59. The van der Waals surface area contributed by atoms with Crippen molar-refractivity contribution in [3.63, 3.8) is 0 Å². The van der Waals surface area contributed by atoms with Crippen LogP contribution in [0, 0.1) is 0 Å². The van der Waals surface area contributed by atoms with Crippen molar-refractivity contribution in [2.24, 2.45) is 0 Å². The van der Waals surface area contributed by atoms with E-state index in [0.717, 1.165) is 5.56 Å². The summed E-state index contributed by atoms with van der Waals surface area (Å²) in [6, 6.07) is 7.95. The molecule has 1 aromatic carbocycles. The standard InChI is InChI=1S/C11H14OS/c1-3-4-11(12)9-5-7-10(13-2)8-6-9/h3-8,11-12H,1-2H3/b4-3+. The van der Waals surface area contributed by atoms with E-state index in [1.165, 1.54) is 4.90 Å². The molecule has 1 atom stereocenters. The van der Waals surface area contributed by atoms with Crippen molar-refractivity contribution in [3.8, 4) is 0 Å². The van der Waals surface area contributed by atoms with E-state index >= 15 is 0 Å². The maximum Gasteiger partial charge on any atom is 0.0971 e. The second-order valence-electron chi connectivity index (χ2n) is 2.74. The van der Waals surface area contributed by atoms with E-state index in [-0.39, 0.29) is 0 Å². The summed E-state index contributed by atoms with van der Waals surface area (Å²) in [6.07, 6.45) is 5.19. The molecule has 1 N–H and O–H groups in total. The number of aliphatic hydroxyl groups excluding tert-OH is 1. The van der Waals surface area contributed by atoms with E-state index < -0.39 is 6.10 Å². The zero-order valence-corrected chi connectivity index (χ0v) is 8.71. The molecule has 1 unspecified atom stereocenters. The molecule has 1 rings (SSSR count). The highest BCUT2D eigenvalue weighted by molar-refractivity contribution is 7.98. The number of thioether (sulfide) groups is 1. The van der Waals surface area contributed by atoms with Crippen molar-refractivity contribution >= 4 is 11.8 Å². The largest absolute Gasteiger partial charge is 0.384 e. The van der Waals surface area contributed by atoms with E-state index in [0.29, 0.717) is 0 Å². The molecule has 0 aliphatic rings. The lowest BCUT2D eigenvalue weighted by atomic mass is 10.1. The first-order valence-corrected chi connectivity index (χ1v) is 5.45. The monoisotopic (exact) mass is 194 g/mol. The summed E-state index contributed by atoms with van der Waals surface area (Å²) >= 11 is 1.70. The van der Waals surface area contributed by atoms with Crippen LogP contribution in [0.3, 0.4) is 0 Å². The Labute approximate surface area is 83.5 Å². The Morgan fingerprint density at radius 1 is 1.31 bits per heavy atom. The molecule has 70 valence electrons. The van der Waals surface area contributed by atoms with Crippen LogP contribution in [0.1, 0.15) is 18.6 Å². The van der Waals surface area contributed by atoms with Gasteiger partial charge in [-0.2, -0.15) is 0 Å². The van der Waals surface area contributed by atoms with E-state index in [2.05, 4.69) is 0 Å². The van der Waals surface area contributed by atoms with Crippen molar-refractivity contribution in [2.45, 2.75) is 17.9 Å². The molecule has 0 radical (unpaired) electrons. The van der Waals surface area contributed by atoms with Gasteiger partial charge in [0.15, 0.2) is 0 Å². The predicted octanol–water partition coefficient (Wildman–Crippen LogP) is 3.02. The fourth-order valence-corrected chi connectivity index (χ4v) is 1.50. The number of allylic oxidation sites excluding steroid dienone is 1. The van der Waals surface area contributed by atoms with Crippen LogP contribution in [0.25, 0.3) is 0 Å². The lowest BCUT2D eigenvalue weighted by Crippen LogP contribution is -1.91. The topological polar surface area (TPSA) is 20.2 Å². The van der Waals surface area contributed by atoms with Crippen LogP contribution in [0.15, 0.2) is 41.3 Å². The number of benzene rings is 1. The first-order valence-electron chi connectivity index (χ1n) is 4.22. The molecule has 2 heteroatoms. The molecule has 0 aliphatic carbocycles. The molecule has 0 saturated heterocycles. The van der Waals surface area contributed by atoms with E-state index in [9.17, 15) is 5.11 Å². The van der Waals surface area contributed by atoms with Gasteiger partial charge in [0.05, 0.1) is 6.10 Å². The third-order valence-corrected chi connectivity index (χ3v) is 2.58. The van der Waals surface area contributed by atoms with Gasteiger partial charge < -0.3 is 5.11 Å². The lowest BCUT2D eigenvalue weighted by Gasteiger charge is -2.05. The zero-order valence-electron chi connectivity index (χ0n) is 7.90. The normalized spacial score (nSPS) is 13.5. The molecule has 0 aliphatic heterocycles. The van der Waals surface area contributed by atoms with Crippen LogP contribution in [-0.2, 0) is 0 Å². The van der Waals surface area contributed by atoms with Gasteiger partial charge in [0.25, 0.3) is 0 Å². The summed E-state index contributed by atoms with van der Waals surface area (Å²) in [5, 5.41) is 9.59. The Hall–Kier alpha value is -0.730. The lowest BCUT2D eigenvalue weighted by molar-refractivity contribution is 0.228. The minimum atomic E-state index is -0.471. The third-order valence-electron chi connectivity index (χ3n) is 1.83. The molecule has 0 fully saturated rings. The fraction of sp³-hybridized carbons (Fsp3) is 0.273. The smallest absolute Gasteiger partial charge is 0.0971 e. The summed E-state index contributed by atoms with van der Waals surface area (Å²) in [5.41, 5.74) is 0.941. The number of hydrogen-bond acceptors (Lipinski definition) is 2. The van der Waals surface area contributed by atoms with Crippen LogP contribution < -0.4 is 0 Å². The van der Waals surface area contributed by atoms with Crippen molar-refractivity contribution in [3.05, 3.63) is 42.0 Å². The zero-order chi connectivity index (χ0) is 9.68. The van der Waals surface area contributed by atoms with E-state index in [1.807, 2.05) is 43.5 Å². The highest BCUT2D eigenvalue weighted by atomic mass is 32.2. The highest BCUT2D eigenvalue weighted by Crippen LogP contribution is 2.19. The van der Waals surface area contributed by atoms with Crippen molar-refractivity contribution in [1.29, 1.82) is 0 Å². The van der Waals surface area contributed by atoms with Crippen LogP contribution in [0.2, 0.25) is 0 Å². The SMILES string of the molecule is C/C=C/C(O)c1ccc(SC)cc1. The van der Waals surface area contributed by atoms with Gasteiger partial charge in [-0.3, -0.25) is 0 Å². The highest BCUT2D eigenvalue weighted by Gasteiger charge is 2.01. The summed E-state index contributed by atoms with van der Waals surface area (Å²) in [7, 11) is 0. The Bertz CT molecular complexity index is 277. The number of rotatable bonds is 3. The van der Waals surface area contributed by atoms with Crippen LogP contribution in [-0.4, -0.2) is 11.4 Å². The predicted molar refractivity (Wildman–Crippen MR) is 58.0 cm³/mol. The Balaban J connectivity index is 2.79. The van der Waals surface area contributed by atoms with Gasteiger partial charge in [-0.25, -0.2) is 0 Å². The summed E-state index contributed by atoms with van der Waals surface area (Å²) in [4.78, 5) is 1.22. The van der Waals surface area contributed by atoms with Crippen LogP contribution in [0.5, 0.6) is 0 Å². The van der Waals surface area contributed by atoms with Crippen LogP contribution >= 0.6 is 11.8 Å². The van der Waals surface area contributed by atoms with Gasteiger partial charge >= 0.3 is 0 Å². The molecule has 0 spiro atoms. The summed E-state index contributed by atoms with van der Waals surface area (Å²) < 4.78 is 0. The first-order chi connectivity index (χ1) is 6.27. The minimum absolute atomic E-state index is 0.471. The number of aliphatic hydroxyl groups is 1.